The van der Waals surface area contributed by atoms with Gasteiger partial charge in [-0.2, -0.15) is 5.10 Å². The molecule has 0 radical (unpaired) electrons. The Kier molecular flexibility index (Phi) is 3.78. The molecule has 1 aromatic heterocycles. The highest BCUT2D eigenvalue weighted by Crippen LogP contribution is 2.40. The normalized spacial score (nSPS) is 19.7. The monoisotopic (exact) mass is 310 g/mol. The summed E-state index contributed by atoms with van der Waals surface area (Å²) in [4.78, 5) is 11.9. The first kappa shape index (κ1) is 15.1. The number of hydrogen-bond acceptors (Lipinski definition) is 4. The van der Waals surface area contributed by atoms with Gasteiger partial charge in [0.25, 0.3) is 0 Å². The highest BCUT2D eigenvalue weighted by atomic mass is 16.5. The van der Waals surface area contributed by atoms with E-state index in [9.17, 15) is 9.90 Å². The zero-order valence-electron chi connectivity index (χ0n) is 13.1. The van der Waals surface area contributed by atoms with Crippen molar-refractivity contribution < 1.29 is 14.6 Å². The van der Waals surface area contributed by atoms with Gasteiger partial charge in [-0.1, -0.05) is 36.4 Å². The highest BCUT2D eigenvalue weighted by Gasteiger charge is 2.37. The average molecular weight is 310 g/mol. The zero-order valence-corrected chi connectivity index (χ0v) is 13.1. The molecule has 118 valence electrons. The number of aromatic nitrogens is 2. The molecule has 0 saturated carbocycles. The Morgan fingerprint density at radius 1 is 1.35 bits per heavy atom. The lowest BCUT2D eigenvalue weighted by atomic mass is 9.79. The van der Waals surface area contributed by atoms with E-state index in [1.807, 2.05) is 42.5 Å². The number of ether oxygens (including phenoxy) is 1. The molecular formula is C18H18N2O3. The van der Waals surface area contributed by atoms with Crippen LogP contribution in [0.4, 0.5) is 0 Å². The first-order valence-electron chi connectivity index (χ1n) is 7.36. The number of nitrogens with zero attached hydrogens (tertiary/aromatic N) is 2. The first-order chi connectivity index (χ1) is 11.1. The molecule has 3 rings (SSSR count). The van der Waals surface area contributed by atoms with Crippen LogP contribution in [0.1, 0.15) is 17.8 Å². The van der Waals surface area contributed by atoms with E-state index in [4.69, 9.17) is 4.74 Å². The van der Waals surface area contributed by atoms with Crippen molar-refractivity contribution in [2.24, 2.45) is 0 Å². The van der Waals surface area contributed by atoms with E-state index >= 15 is 0 Å². The lowest BCUT2D eigenvalue weighted by Gasteiger charge is -2.26. The van der Waals surface area contributed by atoms with E-state index in [-0.39, 0.29) is 5.75 Å². The minimum atomic E-state index is -0.944. The standard InChI is InChI=1S/C18H18N2O3/c1-13-16(22)17(18(12-21)10-6-3-7-11-18)20(19-13)14-8-4-5-9-15(14)23-2/h3-10,12,22H,11H2,1-2H3. The summed E-state index contributed by atoms with van der Waals surface area (Å²) in [5, 5.41) is 15.0. The molecular weight excluding hydrogens is 292 g/mol. The van der Waals surface area contributed by atoms with Gasteiger partial charge in [0.2, 0.25) is 0 Å². The molecule has 5 heteroatoms. The van der Waals surface area contributed by atoms with E-state index in [1.165, 1.54) is 0 Å². The summed E-state index contributed by atoms with van der Waals surface area (Å²) in [6.07, 6.45) is 8.72. The van der Waals surface area contributed by atoms with Crippen LogP contribution in [0.5, 0.6) is 11.5 Å². The molecule has 0 saturated heterocycles. The van der Waals surface area contributed by atoms with E-state index in [2.05, 4.69) is 5.10 Å². The summed E-state index contributed by atoms with van der Waals surface area (Å²) in [5.41, 5.74) is 0.656. The van der Waals surface area contributed by atoms with Crippen molar-refractivity contribution in [1.29, 1.82) is 0 Å². The number of rotatable bonds is 4. The lowest BCUT2D eigenvalue weighted by Crippen LogP contribution is -2.29. The van der Waals surface area contributed by atoms with Gasteiger partial charge < -0.3 is 14.6 Å². The van der Waals surface area contributed by atoms with Gasteiger partial charge >= 0.3 is 0 Å². The Bertz CT molecular complexity index is 805. The van der Waals surface area contributed by atoms with Crippen LogP contribution in [0.2, 0.25) is 0 Å². The van der Waals surface area contributed by atoms with Crippen molar-refractivity contribution in [3.05, 3.63) is 60.0 Å². The van der Waals surface area contributed by atoms with Gasteiger partial charge in [-0.05, 0) is 25.5 Å². The van der Waals surface area contributed by atoms with Crippen LogP contribution in [-0.4, -0.2) is 28.3 Å². The van der Waals surface area contributed by atoms with Gasteiger partial charge in [0.15, 0.2) is 5.75 Å². The fourth-order valence-corrected chi connectivity index (χ4v) is 2.87. The number of para-hydroxylation sites is 2. The summed E-state index contributed by atoms with van der Waals surface area (Å²) in [7, 11) is 1.58. The molecule has 0 fully saturated rings. The Hall–Kier alpha value is -2.82. The van der Waals surface area contributed by atoms with Crippen molar-refractivity contribution in [3.8, 4) is 17.2 Å². The summed E-state index contributed by atoms with van der Waals surface area (Å²) >= 11 is 0. The number of allylic oxidation sites excluding steroid dienone is 4. The fourth-order valence-electron chi connectivity index (χ4n) is 2.87. The van der Waals surface area contributed by atoms with Gasteiger partial charge in [-0.3, -0.25) is 0 Å². The van der Waals surface area contributed by atoms with Crippen LogP contribution in [0, 0.1) is 6.92 Å². The van der Waals surface area contributed by atoms with Crippen LogP contribution >= 0.6 is 0 Å². The summed E-state index contributed by atoms with van der Waals surface area (Å²) in [6, 6.07) is 7.38. The number of aryl methyl sites for hydroxylation is 1. The van der Waals surface area contributed by atoms with Crippen LogP contribution in [0.25, 0.3) is 5.69 Å². The summed E-state index contributed by atoms with van der Waals surface area (Å²) in [6.45, 7) is 1.71. The van der Waals surface area contributed by atoms with Crippen molar-refractivity contribution in [2.45, 2.75) is 18.8 Å². The highest BCUT2D eigenvalue weighted by molar-refractivity contribution is 5.75. The van der Waals surface area contributed by atoms with Crippen LogP contribution in [-0.2, 0) is 10.2 Å². The van der Waals surface area contributed by atoms with Gasteiger partial charge in [0, 0.05) is 0 Å². The Morgan fingerprint density at radius 3 is 2.78 bits per heavy atom. The van der Waals surface area contributed by atoms with Gasteiger partial charge in [-0.25, -0.2) is 4.68 Å². The van der Waals surface area contributed by atoms with E-state index in [1.54, 1.807) is 24.8 Å². The molecule has 1 aliphatic carbocycles. The zero-order chi connectivity index (χ0) is 16.4. The largest absolute Gasteiger partial charge is 0.504 e. The first-order valence-corrected chi connectivity index (χ1v) is 7.36. The van der Waals surface area contributed by atoms with E-state index in [0.717, 1.165) is 6.29 Å². The maximum absolute atomic E-state index is 11.9. The minimum Gasteiger partial charge on any atom is -0.504 e. The second kappa shape index (κ2) is 5.76. The molecule has 1 atom stereocenters. The SMILES string of the molecule is COc1ccccc1-n1nc(C)c(O)c1C1(C=O)C=CC=CC1. The molecule has 1 N–H and O–H groups in total. The smallest absolute Gasteiger partial charge is 0.161 e. The number of hydrogen-bond donors (Lipinski definition) is 1. The van der Waals surface area contributed by atoms with Crippen molar-refractivity contribution in [2.75, 3.05) is 7.11 Å². The molecule has 1 aromatic carbocycles. The molecule has 1 unspecified atom stereocenters. The Morgan fingerprint density at radius 2 is 2.13 bits per heavy atom. The maximum Gasteiger partial charge on any atom is 0.161 e. The number of methoxy groups -OCH3 is 1. The number of aromatic hydroxyl groups is 1. The van der Waals surface area contributed by atoms with E-state index in [0.29, 0.717) is 29.2 Å². The molecule has 2 aromatic rings. The predicted octanol–water partition coefficient (Wildman–Crippen LogP) is 2.85. The van der Waals surface area contributed by atoms with Crippen LogP contribution in [0.15, 0.2) is 48.6 Å². The molecule has 5 nitrogen and oxygen atoms in total. The molecule has 1 heterocycles. The van der Waals surface area contributed by atoms with Gasteiger partial charge in [-0.15, -0.1) is 0 Å². The molecule has 1 aliphatic rings. The average Bonchev–Trinajstić information content (AvgIpc) is 2.91. The quantitative estimate of drug-likeness (QED) is 0.882. The number of carbonyl (C=O) groups is 1. The molecule has 0 aliphatic heterocycles. The second-order valence-electron chi connectivity index (χ2n) is 5.52. The van der Waals surface area contributed by atoms with Crippen LogP contribution in [0.3, 0.4) is 0 Å². The Labute approximate surface area is 134 Å². The van der Waals surface area contributed by atoms with E-state index < -0.39 is 5.41 Å². The van der Waals surface area contributed by atoms with Gasteiger partial charge in [0.1, 0.15) is 29.1 Å². The lowest BCUT2D eigenvalue weighted by molar-refractivity contribution is -0.111. The topological polar surface area (TPSA) is 64.3 Å². The molecule has 0 amide bonds. The number of benzene rings is 1. The summed E-state index contributed by atoms with van der Waals surface area (Å²) < 4.78 is 6.99. The third kappa shape index (κ3) is 2.34. The molecule has 0 bridgehead atoms. The fraction of sp³-hybridized carbons (Fsp3) is 0.222. The maximum atomic E-state index is 11.9. The van der Waals surface area contributed by atoms with Crippen molar-refractivity contribution in [1.82, 2.24) is 9.78 Å². The Balaban J connectivity index is 2.28. The third-order valence-electron chi connectivity index (χ3n) is 4.09. The van der Waals surface area contributed by atoms with Crippen molar-refractivity contribution in [3.63, 3.8) is 0 Å². The molecule has 23 heavy (non-hydrogen) atoms. The third-order valence-corrected chi connectivity index (χ3v) is 4.09. The summed E-state index contributed by atoms with van der Waals surface area (Å²) in [5.74, 6) is 0.649. The second-order valence-corrected chi connectivity index (χ2v) is 5.52. The van der Waals surface area contributed by atoms with Crippen LogP contribution < -0.4 is 4.74 Å². The minimum absolute atomic E-state index is 0.0305. The number of aldehydes is 1. The van der Waals surface area contributed by atoms with Crippen molar-refractivity contribution >= 4 is 6.29 Å². The number of carbonyl (C=O) groups excluding carboxylic acids is 1. The van der Waals surface area contributed by atoms with Gasteiger partial charge in [0.05, 0.1) is 12.5 Å². The predicted molar refractivity (Wildman–Crippen MR) is 87.2 cm³/mol. The molecule has 0 spiro atoms.